The van der Waals surface area contributed by atoms with E-state index >= 15 is 0 Å². The maximum Gasteiger partial charge on any atom is 0.227 e. The smallest absolute Gasteiger partial charge is 0.227 e. The summed E-state index contributed by atoms with van der Waals surface area (Å²) in [6.45, 7) is 0. The minimum Gasteiger partial charge on any atom is -0.456 e. The second kappa shape index (κ2) is 10.2. The highest BCUT2D eigenvalue weighted by atomic mass is 32.1. The Bertz CT molecular complexity index is 2780. The van der Waals surface area contributed by atoms with Gasteiger partial charge in [0.1, 0.15) is 16.7 Å². The minimum atomic E-state index is 0.585. The Labute approximate surface area is 271 Å². The van der Waals surface area contributed by atoms with Gasteiger partial charge in [-0.15, -0.1) is 11.3 Å². The maximum absolute atomic E-state index is 6.29. The van der Waals surface area contributed by atoms with Crippen LogP contribution in [0.2, 0.25) is 0 Å². The van der Waals surface area contributed by atoms with E-state index in [0.717, 1.165) is 75.5 Å². The molecule has 7 heteroatoms. The Hall–Kier alpha value is -6.18. The molecule has 10 rings (SSSR count). The van der Waals surface area contributed by atoms with Gasteiger partial charge in [0.15, 0.2) is 23.1 Å². The third kappa shape index (κ3) is 4.10. The SMILES string of the molecule is c1ccc(-c2nc(-c3cccc4oc5ccccc5c34)nc(-c3cccc4sc5cccc(-c6nc7ccccc7o6)c5c34)n2)cc1. The van der Waals surface area contributed by atoms with E-state index in [1.54, 1.807) is 11.3 Å². The molecule has 0 aliphatic carbocycles. The topological polar surface area (TPSA) is 77.8 Å². The summed E-state index contributed by atoms with van der Waals surface area (Å²) in [6, 6.07) is 44.7. The van der Waals surface area contributed by atoms with Gasteiger partial charge < -0.3 is 8.83 Å². The van der Waals surface area contributed by atoms with E-state index in [2.05, 4.69) is 48.5 Å². The van der Waals surface area contributed by atoms with Gasteiger partial charge in [0, 0.05) is 53.2 Å². The van der Waals surface area contributed by atoms with Crippen LogP contribution in [0.3, 0.4) is 0 Å². The van der Waals surface area contributed by atoms with Crippen molar-refractivity contribution in [2.24, 2.45) is 0 Å². The van der Waals surface area contributed by atoms with Crippen molar-refractivity contribution in [1.82, 2.24) is 19.9 Å². The Morgan fingerprint density at radius 3 is 1.79 bits per heavy atom. The van der Waals surface area contributed by atoms with Crippen LogP contribution >= 0.6 is 11.3 Å². The van der Waals surface area contributed by atoms with Crippen LogP contribution < -0.4 is 0 Å². The second-order valence-electron chi connectivity index (χ2n) is 11.4. The molecule has 0 unspecified atom stereocenters. The molecule has 0 atom stereocenters. The summed E-state index contributed by atoms with van der Waals surface area (Å²) < 4.78 is 14.8. The van der Waals surface area contributed by atoms with Gasteiger partial charge in [-0.25, -0.2) is 19.9 Å². The molecule has 0 bridgehead atoms. The third-order valence-electron chi connectivity index (χ3n) is 8.60. The molecule has 0 N–H and O–H groups in total. The molecule has 4 aromatic heterocycles. The molecule has 220 valence electrons. The zero-order chi connectivity index (χ0) is 30.9. The van der Waals surface area contributed by atoms with Crippen molar-refractivity contribution < 1.29 is 8.83 Å². The van der Waals surface area contributed by atoms with E-state index < -0.39 is 0 Å². The minimum absolute atomic E-state index is 0.585. The number of hydrogen-bond donors (Lipinski definition) is 0. The number of thiophene rings is 1. The van der Waals surface area contributed by atoms with Crippen LogP contribution in [0.5, 0.6) is 0 Å². The van der Waals surface area contributed by atoms with Gasteiger partial charge in [-0.1, -0.05) is 91.0 Å². The molecule has 0 aliphatic rings. The molecule has 6 aromatic carbocycles. The van der Waals surface area contributed by atoms with E-state index in [9.17, 15) is 0 Å². The summed E-state index contributed by atoms with van der Waals surface area (Å²) in [7, 11) is 0. The number of hydrogen-bond acceptors (Lipinski definition) is 7. The number of aromatic nitrogens is 4. The first-order valence-electron chi connectivity index (χ1n) is 15.3. The van der Waals surface area contributed by atoms with Gasteiger partial charge in [-0.05, 0) is 42.5 Å². The predicted octanol–water partition coefficient (Wildman–Crippen LogP) is 10.9. The van der Waals surface area contributed by atoms with E-state index in [4.69, 9.17) is 28.8 Å². The number of nitrogens with zero attached hydrogens (tertiary/aromatic N) is 4. The van der Waals surface area contributed by atoms with Crippen molar-refractivity contribution in [3.63, 3.8) is 0 Å². The number of oxazole rings is 1. The first kappa shape index (κ1) is 26.1. The molecule has 0 amide bonds. The normalized spacial score (nSPS) is 11.8. The molecule has 0 aliphatic heterocycles. The fraction of sp³-hybridized carbons (Fsp3) is 0. The summed E-state index contributed by atoms with van der Waals surface area (Å²) in [6.07, 6.45) is 0. The molecule has 0 fully saturated rings. The number of fused-ring (bicyclic) bond motifs is 7. The lowest BCUT2D eigenvalue weighted by molar-refractivity contribution is 0.620. The number of benzene rings is 6. The fourth-order valence-electron chi connectivity index (χ4n) is 6.51. The zero-order valence-electron chi connectivity index (χ0n) is 24.7. The summed E-state index contributed by atoms with van der Waals surface area (Å²) >= 11 is 1.74. The maximum atomic E-state index is 6.29. The van der Waals surface area contributed by atoms with Gasteiger partial charge in [0.2, 0.25) is 5.89 Å². The average Bonchev–Trinajstić information content (AvgIpc) is 3.85. The average molecular weight is 623 g/mol. The van der Waals surface area contributed by atoms with Crippen LogP contribution in [-0.2, 0) is 0 Å². The van der Waals surface area contributed by atoms with Gasteiger partial charge in [-0.3, -0.25) is 0 Å². The molecule has 0 saturated heterocycles. The van der Waals surface area contributed by atoms with Gasteiger partial charge in [0.05, 0.1) is 0 Å². The summed E-state index contributed by atoms with van der Waals surface area (Å²) in [4.78, 5) is 20.3. The number of rotatable bonds is 4. The van der Waals surface area contributed by atoms with Gasteiger partial charge in [-0.2, -0.15) is 0 Å². The van der Waals surface area contributed by atoms with E-state index in [-0.39, 0.29) is 0 Å². The molecular formula is C40H22N4O2S. The Morgan fingerprint density at radius 2 is 1.00 bits per heavy atom. The molecule has 0 radical (unpaired) electrons. The molecule has 10 aromatic rings. The summed E-state index contributed by atoms with van der Waals surface area (Å²) in [5.74, 6) is 2.37. The largest absolute Gasteiger partial charge is 0.456 e. The highest BCUT2D eigenvalue weighted by molar-refractivity contribution is 7.26. The second-order valence-corrected chi connectivity index (χ2v) is 12.5. The molecule has 0 saturated carbocycles. The van der Waals surface area contributed by atoms with Crippen LogP contribution in [0.15, 0.2) is 142 Å². The molecule has 47 heavy (non-hydrogen) atoms. The van der Waals surface area contributed by atoms with Crippen LogP contribution in [-0.4, -0.2) is 19.9 Å². The summed E-state index contributed by atoms with van der Waals surface area (Å²) in [5.41, 5.74) is 6.87. The van der Waals surface area contributed by atoms with Crippen LogP contribution in [0.25, 0.3) is 98.8 Å². The van der Waals surface area contributed by atoms with E-state index in [1.165, 1.54) is 0 Å². The van der Waals surface area contributed by atoms with Crippen molar-refractivity contribution in [3.05, 3.63) is 133 Å². The van der Waals surface area contributed by atoms with E-state index in [0.29, 0.717) is 23.4 Å². The Kier molecular flexibility index (Phi) is 5.64. The first-order chi connectivity index (χ1) is 23.3. The highest BCUT2D eigenvalue weighted by Gasteiger charge is 2.22. The number of para-hydroxylation sites is 3. The quantitative estimate of drug-likeness (QED) is 0.194. The molecule has 6 nitrogen and oxygen atoms in total. The molecule has 0 spiro atoms. The lowest BCUT2D eigenvalue weighted by Crippen LogP contribution is -2.00. The van der Waals surface area contributed by atoms with Crippen molar-refractivity contribution in [2.75, 3.05) is 0 Å². The van der Waals surface area contributed by atoms with Crippen molar-refractivity contribution in [2.45, 2.75) is 0 Å². The van der Waals surface area contributed by atoms with Crippen LogP contribution in [0.4, 0.5) is 0 Å². The lowest BCUT2D eigenvalue weighted by Gasteiger charge is -2.10. The van der Waals surface area contributed by atoms with Gasteiger partial charge >= 0.3 is 0 Å². The Morgan fingerprint density at radius 1 is 0.404 bits per heavy atom. The highest BCUT2D eigenvalue weighted by Crippen LogP contribution is 2.44. The molecule has 4 heterocycles. The van der Waals surface area contributed by atoms with Crippen molar-refractivity contribution >= 4 is 64.5 Å². The van der Waals surface area contributed by atoms with Crippen molar-refractivity contribution in [3.8, 4) is 45.6 Å². The number of furan rings is 1. The predicted molar refractivity (Wildman–Crippen MR) is 189 cm³/mol. The monoisotopic (exact) mass is 622 g/mol. The first-order valence-corrected chi connectivity index (χ1v) is 16.1. The van der Waals surface area contributed by atoms with Crippen LogP contribution in [0.1, 0.15) is 0 Å². The van der Waals surface area contributed by atoms with Gasteiger partial charge in [0.25, 0.3) is 0 Å². The molecular weight excluding hydrogens is 601 g/mol. The van der Waals surface area contributed by atoms with Crippen molar-refractivity contribution in [1.29, 1.82) is 0 Å². The Balaban J connectivity index is 1.27. The third-order valence-corrected chi connectivity index (χ3v) is 9.72. The van der Waals surface area contributed by atoms with E-state index in [1.807, 2.05) is 84.9 Å². The van der Waals surface area contributed by atoms with Crippen LogP contribution in [0, 0.1) is 0 Å². The lowest BCUT2D eigenvalue weighted by atomic mass is 10.0. The standard InChI is InChI=1S/C40H22N4O2S/c1-2-11-23(12-3-1)37-42-38(25-14-8-20-31-34(25)24-13-4-6-18-29(24)45-31)44-39(43-37)26-15-9-21-32-35(26)36-27(16-10-22-33(36)47-32)40-41-28-17-5-7-19-30(28)46-40/h1-22H. The fourth-order valence-corrected chi connectivity index (χ4v) is 7.67. The zero-order valence-corrected chi connectivity index (χ0v) is 25.5. The summed E-state index contributed by atoms with van der Waals surface area (Å²) in [5, 5.41) is 4.14.